The number of piperidine rings is 2. The largest absolute Gasteiger partial charge is 0.335 e. The zero-order chi connectivity index (χ0) is 72.0. The molecule has 22 nitrogen and oxygen atoms in total. The van der Waals surface area contributed by atoms with E-state index in [2.05, 4.69) is 125 Å². The minimum absolute atomic E-state index is 0.0387. The maximum Gasteiger partial charge on any atom is 0.232 e. The van der Waals surface area contributed by atoms with E-state index >= 15 is 0 Å². The van der Waals surface area contributed by atoms with Crippen molar-refractivity contribution in [2.45, 2.75) is 263 Å². The van der Waals surface area contributed by atoms with E-state index in [1.165, 1.54) is 31.8 Å². The van der Waals surface area contributed by atoms with E-state index in [0.717, 1.165) is 200 Å². The molecule has 2 amide bonds. The first-order valence-corrected chi connectivity index (χ1v) is 38.0. The van der Waals surface area contributed by atoms with E-state index < -0.39 is 0 Å². The van der Waals surface area contributed by atoms with Gasteiger partial charge in [-0.05, 0) is 135 Å². The van der Waals surface area contributed by atoms with Gasteiger partial charge in [-0.1, -0.05) is 142 Å². The second-order valence-corrected chi connectivity index (χ2v) is 26.2. The quantitative estimate of drug-likeness (QED) is 0.0476. The number of carbonyl (C=O) groups excluding carboxylic acids is 7. The Morgan fingerprint density at radius 3 is 1.35 bits per heavy atom. The van der Waals surface area contributed by atoms with Crippen LogP contribution in [0, 0.1) is 59.2 Å². The van der Waals surface area contributed by atoms with Crippen LogP contribution >= 0.6 is 0 Å². The molecule has 22 heteroatoms. The highest BCUT2D eigenvalue weighted by molar-refractivity contribution is 6.05. The monoisotopic (exact) mass is 1360 g/mol. The maximum atomic E-state index is 12.1. The van der Waals surface area contributed by atoms with Gasteiger partial charge in [0.2, 0.25) is 17.6 Å². The Morgan fingerprint density at radius 1 is 0.474 bits per heavy atom. The lowest BCUT2D eigenvalue weighted by molar-refractivity contribution is -0.194. The summed E-state index contributed by atoms with van der Waals surface area (Å²) in [5, 5.41) is 13.0. The number of ether oxygens (including phenoxy) is 2. The van der Waals surface area contributed by atoms with Crippen molar-refractivity contribution >= 4 is 66.0 Å². The molecule has 6 aliphatic heterocycles. The molecule has 9 unspecified atom stereocenters. The Kier molecular flexibility index (Phi) is 53.2. The molecule has 6 aliphatic rings. The van der Waals surface area contributed by atoms with Crippen LogP contribution in [0.25, 0.3) is 0 Å². The summed E-state index contributed by atoms with van der Waals surface area (Å²) in [5.41, 5.74) is 0. The van der Waals surface area contributed by atoms with Gasteiger partial charge in [-0.2, -0.15) is 0 Å². The maximum absolute atomic E-state index is 12.1. The van der Waals surface area contributed by atoms with Crippen molar-refractivity contribution in [1.29, 1.82) is 0 Å². The van der Waals surface area contributed by atoms with Gasteiger partial charge in [-0.25, -0.2) is 24.9 Å². The number of hydrogen-bond donors (Lipinski definition) is 4. The van der Waals surface area contributed by atoms with Crippen LogP contribution in [0.4, 0.5) is 0 Å². The van der Waals surface area contributed by atoms with E-state index in [-0.39, 0.29) is 64.9 Å². The van der Waals surface area contributed by atoms with Crippen LogP contribution in [0.5, 0.6) is 0 Å². The van der Waals surface area contributed by atoms with Crippen molar-refractivity contribution in [3.8, 4) is 0 Å². The molecular weight excluding hydrogens is 1230 g/mol. The van der Waals surface area contributed by atoms with Gasteiger partial charge in [-0.15, -0.1) is 0 Å². The van der Waals surface area contributed by atoms with Crippen LogP contribution in [0.3, 0.4) is 0 Å². The molecule has 1 aromatic heterocycles. The molecule has 4 saturated heterocycles. The second-order valence-electron chi connectivity index (χ2n) is 26.2. The topological polar surface area (TPSA) is 281 Å². The van der Waals surface area contributed by atoms with E-state index in [4.69, 9.17) is 9.47 Å². The van der Waals surface area contributed by atoms with Gasteiger partial charge in [0.05, 0.1) is 0 Å². The highest BCUT2D eigenvalue weighted by atomic mass is 16.7. The zero-order valence-corrected chi connectivity index (χ0v) is 63.0. The third-order valence-electron chi connectivity index (χ3n) is 18.8. The number of ketones is 5. The summed E-state index contributed by atoms with van der Waals surface area (Å²) in [6.07, 6.45) is 34.3. The van der Waals surface area contributed by atoms with Crippen LogP contribution in [0.1, 0.15) is 268 Å². The summed E-state index contributed by atoms with van der Waals surface area (Å²) in [7, 11) is 0. The van der Waals surface area contributed by atoms with Crippen molar-refractivity contribution < 1.29 is 43.0 Å². The fraction of sp³-hybridized carbons (Fsp3) is 0.813. The van der Waals surface area contributed by atoms with Crippen molar-refractivity contribution in [3.05, 3.63) is 18.5 Å². The number of Topliss-reactive ketones (excluding diaryl/α,β-unsaturated/α-hetero) is 5. The first-order valence-electron chi connectivity index (χ1n) is 38.0. The minimum Gasteiger partial charge on any atom is -0.335 e. The predicted molar refractivity (Wildman–Crippen MR) is 394 cm³/mol. The molecule has 9 atom stereocenters. The molecule has 97 heavy (non-hydrogen) atoms. The molecule has 0 saturated carbocycles. The third kappa shape index (κ3) is 36.1. The fourth-order valence-corrected chi connectivity index (χ4v) is 12.9. The lowest BCUT2D eigenvalue weighted by Crippen LogP contribution is -2.48. The SMILES string of the molecule is CCCC(CC)C(=O)C1C=NC=N1.CCCC(CC)C(=O)C1CCCNC1.CCCC(CC)C(=O)C1CCNCC1.CCCC(CC)C(=O)C1CNCNC1.CCCC(CC)C(=O)N1C=NC=NC1.CCCC(CC)C(=O)N1COCOC1.CCCC(CC)C(=O)c1ncncn1. The van der Waals surface area contributed by atoms with Gasteiger partial charge < -0.3 is 30.7 Å². The van der Waals surface area contributed by atoms with Crippen LogP contribution in [-0.2, 0) is 38.2 Å². The summed E-state index contributed by atoms with van der Waals surface area (Å²) < 4.78 is 10.1. The van der Waals surface area contributed by atoms with Gasteiger partial charge in [0.1, 0.15) is 75.2 Å². The normalized spacial score (nSPS) is 19.6. The molecule has 554 valence electrons. The van der Waals surface area contributed by atoms with Crippen LogP contribution < -0.4 is 21.3 Å². The molecule has 0 aromatic carbocycles. The van der Waals surface area contributed by atoms with Crippen molar-refractivity contribution in [3.63, 3.8) is 0 Å². The molecule has 4 fully saturated rings. The lowest BCUT2D eigenvalue weighted by Gasteiger charge is -2.29. The van der Waals surface area contributed by atoms with E-state index in [1.807, 2.05) is 27.7 Å². The van der Waals surface area contributed by atoms with Crippen LogP contribution in [0.2, 0.25) is 0 Å². The number of carbonyl (C=O) groups is 7. The highest BCUT2D eigenvalue weighted by Crippen LogP contribution is 2.25. The van der Waals surface area contributed by atoms with Gasteiger partial charge in [0.25, 0.3) is 0 Å². The fourth-order valence-electron chi connectivity index (χ4n) is 12.9. The molecule has 7 rings (SSSR count). The Balaban J connectivity index is 0.000000566. The summed E-state index contributed by atoms with van der Waals surface area (Å²) in [4.78, 5) is 114. The number of aromatic nitrogens is 3. The van der Waals surface area contributed by atoms with E-state index in [1.54, 1.807) is 22.4 Å². The van der Waals surface area contributed by atoms with Crippen LogP contribution in [0.15, 0.2) is 32.6 Å². The Morgan fingerprint density at radius 2 is 0.918 bits per heavy atom. The number of amides is 2. The summed E-state index contributed by atoms with van der Waals surface area (Å²) >= 11 is 0. The molecule has 0 spiro atoms. The molecule has 7 heterocycles. The smallest absolute Gasteiger partial charge is 0.232 e. The van der Waals surface area contributed by atoms with Crippen molar-refractivity contribution in [2.75, 3.05) is 72.9 Å². The van der Waals surface area contributed by atoms with E-state index in [0.29, 0.717) is 73.8 Å². The zero-order valence-electron chi connectivity index (χ0n) is 63.0. The minimum atomic E-state index is -0.295. The van der Waals surface area contributed by atoms with Gasteiger partial charge in [-0.3, -0.25) is 53.3 Å². The van der Waals surface area contributed by atoms with Crippen molar-refractivity contribution in [1.82, 2.24) is 46.0 Å². The molecule has 0 aliphatic carbocycles. The molecule has 4 N–H and O–H groups in total. The first-order chi connectivity index (χ1) is 47.0. The molecular formula is C75H135N13O9. The number of rotatable bonds is 33. The molecule has 0 bridgehead atoms. The third-order valence-corrected chi connectivity index (χ3v) is 18.8. The number of nitrogens with zero attached hydrogens (tertiary/aromatic N) is 9. The van der Waals surface area contributed by atoms with Crippen molar-refractivity contribution in [2.24, 2.45) is 79.1 Å². The Labute approximate surface area is 586 Å². The average Bonchev–Trinajstić information content (AvgIpc) is 3.78. The predicted octanol–water partition coefficient (Wildman–Crippen LogP) is 12.9. The number of hydrogen-bond acceptors (Lipinski definition) is 20. The van der Waals surface area contributed by atoms with Gasteiger partial charge >= 0.3 is 0 Å². The van der Waals surface area contributed by atoms with Gasteiger partial charge in [0.15, 0.2) is 18.4 Å². The highest BCUT2D eigenvalue weighted by Gasteiger charge is 2.30. The average molecular weight is 1360 g/mol. The lowest BCUT2D eigenvalue weighted by atomic mass is 9.83. The van der Waals surface area contributed by atoms with E-state index in [9.17, 15) is 33.6 Å². The first kappa shape index (κ1) is 89.8. The Bertz CT molecular complexity index is 2170. The second kappa shape index (κ2) is 57.5. The van der Waals surface area contributed by atoms with Crippen LogP contribution in [-0.4, -0.2) is 170 Å². The summed E-state index contributed by atoms with van der Waals surface area (Å²) in [6, 6.07) is -0.295. The molecule has 1 aromatic rings. The molecule has 0 radical (unpaired) electrons. The summed E-state index contributed by atoms with van der Waals surface area (Å²) in [5.74, 6) is 4.64. The standard InChI is InChI=1S/2C12H23NO.C11H22N2O.C10H17N3O.C10H15N3O.C10H16N2O.C10H19NO3/c1-3-6-10(4-2)12(14)11-7-5-8-13-9-11;1-3-5-10(4-2)12(14)11-6-8-13-9-7-11;1-3-5-9(4-2)11(14)10-6-12-8-13-7-10;1-3-5-9(4-2)10(14)13-7-11-6-12-8-13;1-3-5-8(4-2)9(14)10-12-6-11-7-13-10;1-3-5-8(4-2)10(13)9-6-11-7-12-9;1-3-5-9(4-2)10(12)11-6-13-8-14-7-11/h2*10-11,13H,3-9H2,1-2H3;9-10,12-13H,3-8H2,1-2H3;6-7,9H,3-5,8H2,1-2H3;6-8H,3-5H2,1-2H3;6-9H,3-5H2,1-2H3;9H,3-8H2,1-2H3. The van der Waals surface area contributed by atoms with Gasteiger partial charge in [0, 0.05) is 91.7 Å². The Hall–Kier alpha value is -5.26. The number of aliphatic imine (C=N–C) groups is 4. The summed E-state index contributed by atoms with van der Waals surface area (Å²) in [6.45, 7) is 37.5. The number of nitrogens with one attached hydrogen (secondary N) is 4.